The standard InChI is InChI=1S/C15H22N2O2S/c1-15(2)6-8-17(9-7-15)14-16-12-10(13(18)19)4-3-5-11(12)20-14/h10H,3-9H2,1-2H3,(H,18,19). The van der Waals surface area contributed by atoms with E-state index < -0.39 is 5.97 Å². The van der Waals surface area contributed by atoms with Gasteiger partial charge in [0.15, 0.2) is 5.13 Å². The van der Waals surface area contributed by atoms with Gasteiger partial charge in [0.2, 0.25) is 0 Å². The van der Waals surface area contributed by atoms with Gasteiger partial charge in [-0.15, -0.1) is 11.3 Å². The second kappa shape index (κ2) is 5.02. The highest BCUT2D eigenvalue weighted by Gasteiger charge is 2.32. The van der Waals surface area contributed by atoms with E-state index in [-0.39, 0.29) is 5.92 Å². The van der Waals surface area contributed by atoms with E-state index in [4.69, 9.17) is 0 Å². The molecule has 1 fully saturated rings. The maximum absolute atomic E-state index is 11.3. The highest BCUT2D eigenvalue weighted by atomic mass is 32.1. The molecule has 1 aromatic rings. The molecule has 4 nitrogen and oxygen atoms in total. The summed E-state index contributed by atoms with van der Waals surface area (Å²) in [4.78, 5) is 19.6. The topological polar surface area (TPSA) is 53.4 Å². The number of aromatic nitrogens is 1. The van der Waals surface area contributed by atoms with Crippen LogP contribution in [0.4, 0.5) is 5.13 Å². The van der Waals surface area contributed by atoms with Crippen molar-refractivity contribution in [3.8, 4) is 0 Å². The van der Waals surface area contributed by atoms with Gasteiger partial charge in [0.25, 0.3) is 0 Å². The predicted octanol–water partition coefficient (Wildman–Crippen LogP) is 3.27. The zero-order valence-corrected chi connectivity index (χ0v) is 13.0. The first kappa shape index (κ1) is 13.9. The number of hydrogen-bond donors (Lipinski definition) is 1. The van der Waals surface area contributed by atoms with Crippen molar-refractivity contribution in [2.24, 2.45) is 5.41 Å². The first-order valence-corrected chi connectivity index (χ1v) is 8.25. The lowest BCUT2D eigenvalue weighted by Crippen LogP contribution is -2.37. The highest BCUT2D eigenvalue weighted by molar-refractivity contribution is 7.15. The van der Waals surface area contributed by atoms with Gasteiger partial charge in [0.05, 0.1) is 5.69 Å². The average molecular weight is 294 g/mol. The van der Waals surface area contributed by atoms with Crippen LogP contribution in [0.3, 0.4) is 0 Å². The van der Waals surface area contributed by atoms with E-state index in [2.05, 4.69) is 23.7 Å². The molecule has 3 rings (SSSR count). The molecule has 1 aromatic heterocycles. The van der Waals surface area contributed by atoms with Crippen LogP contribution in [0.25, 0.3) is 0 Å². The predicted molar refractivity (Wildman–Crippen MR) is 80.7 cm³/mol. The van der Waals surface area contributed by atoms with Gasteiger partial charge in [-0.25, -0.2) is 4.98 Å². The summed E-state index contributed by atoms with van der Waals surface area (Å²) < 4.78 is 0. The second-order valence-corrected chi connectivity index (χ2v) is 7.80. The van der Waals surface area contributed by atoms with Crippen molar-refractivity contribution in [2.75, 3.05) is 18.0 Å². The van der Waals surface area contributed by atoms with Gasteiger partial charge < -0.3 is 10.0 Å². The van der Waals surface area contributed by atoms with Crippen LogP contribution < -0.4 is 4.90 Å². The van der Waals surface area contributed by atoms with Crippen molar-refractivity contribution >= 4 is 22.4 Å². The SMILES string of the molecule is CC1(C)CCN(c2nc3c(s2)CCCC3C(=O)O)CC1. The number of carboxylic acids is 1. The summed E-state index contributed by atoms with van der Waals surface area (Å²) in [6.45, 7) is 6.71. The van der Waals surface area contributed by atoms with Gasteiger partial charge in [0.1, 0.15) is 5.92 Å². The summed E-state index contributed by atoms with van der Waals surface area (Å²) in [5.74, 6) is -1.10. The van der Waals surface area contributed by atoms with Crippen molar-refractivity contribution in [1.29, 1.82) is 0 Å². The van der Waals surface area contributed by atoms with E-state index in [1.54, 1.807) is 11.3 Å². The summed E-state index contributed by atoms with van der Waals surface area (Å²) in [5.41, 5.74) is 1.27. The minimum Gasteiger partial charge on any atom is -0.481 e. The Balaban J connectivity index is 1.81. The molecule has 0 aromatic carbocycles. The van der Waals surface area contributed by atoms with E-state index in [0.29, 0.717) is 5.41 Å². The number of anilines is 1. The summed E-state index contributed by atoms with van der Waals surface area (Å²) in [7, 11) is 0. The Morgan fingerprint density at radius 1 is 1.40 bits per heavy atom. The zero-order chi connectivity index (χ0) is 14.3. The van der Waals surface area contributed by atoms with Crippen LogP contribution in [-0.4, -0.2) is 29.1 Å². The van der Waals surface area contributed by atoms with Crippen molar-refractivity contribution < 1.29 is 9.90 Å². The third-order valence-corrected chi connectivity index (χ3v) is 5.82. The van der Waals surface area contributed by atoms with Crippen LogP contribution >= 0.6 is 11.3 Å². The van der Waals surface area contributed by atoms with Gasteiger partial charge in [-0.3, -0.25) is 4.79 Å². The smallest absolute Gasteiger partial charge is 0.312 e. The number of carbonyl (C=O) groups is 1. The maximum atomic E-state index is 11.3. The minimum absolute atomic E-state index is 0.384. The Kier molecular flexibility index (Phi) is 3.48. The summed E-state index contributed by atoms with van der Waals surface area (Å²) >= 11 is 1.71. The Bertz CT molecular complexity index is 514. The fourth-order valence-corrected chi connectivity index (χ4v) is 4.30. The molecule has 5 heteroatoms. The van der Waals surface area contributed by atoms with Crippen LogP contribution in [0.15, 0.2) is 0 Å². The van der Waals surface area contributed by atoms with Crippen molar-refractivity contribution in [2.45, 2.75) is 51.9 Å². The molecule has 0 radical (unpaired) electrons. The number of thiazole rings is 1. The number of piperidine rings is 1. The third kappa shape index (κ3) is 2.55. The van der Waals surface area contributed by atoms with E-state index >= 15 is 0 Å². The quantitative estimate of drug-likeness (QED) is 0.909. The number of fused-ring (bicyclic) bond motifs is 1. The molecule has 0 bridgehead atoms. The van der Waals surface area contributed by atoms with Crippen molar-refractivity contribution in [1.82, 2.24) is 4.98 Å². The monoisotopic (exact) mass is 294 g/mol. The number of aryl methyl sites for hydroxylation is 1. The fourth-order valence-electron chi connectivity index (χ4n) is 3.08. The van der Waals surface area contributed by atoms with E-state index in [1.165, 1.54) is 17.7 Å². The molecule has 1 N–H and O–H groups in total. The molecule has 1 aliphatic heterocycles. The van der Waals surface area contributed by atoms with Gasteiger partial charge in [-0.05, 0) is 37.5 Å². The molecule has 0 spiro atoms. The Morgan fingerprint density at radius 2 is 2.10 bits per heavy atom. The maximum Gasteiger partial charge on any atom is 0.312 e. The second-order valence-electron chi connectivity index (χ2n) is 6.74. The molecule has 0 saturated carbocycles. The molecule has 2 heterocycles. The summed E-state index contributed by atoms with van der Waals surface area (Å²) in [6, 6.07) is 0. The fraction of sp³-hybridized carbons (Fsp3) is 0.733. The normalized spacial score (nSPS) is 25.3. The molecule has 1 unspecified atom stereocenters. The lowest BCUT2D eigenvalue weighted by atomic mass is 9.83. The third-order valence-electron chi connectivity index (χ3n) is 4.63. The molecule has 1 atom stereocenters. The van der Waals surface area contributed by atoms with E-state index in [0.717, 1.165) is 43.2 Å². The molecule has 1 aliphatic carbocycles. The lowest BCUT2D eigenvalue weighted by molar-refractivity contribution is -0.139. The highest BCUT2D eigenvalue weighted by Crippen LogP contribution is 2.40. The van der Waals surface area contributed by atoms with Crippen LogP contribution in [0.5, 0.6) is 0 Å². The largest absolute Gasteiger partial charge is 0.481 e. The number of aliphatic carboxylic acids is 1. The van der Waals surface area contributed by atoms with E-state index in [9.17, 15) is 9.90 Å². The van der Waals surface area contributed by atoms with E-state index in [1.807, 2.05) is 0 Å². The number of rotatable bonds is 2. The number of carboxylic acid groups (broad SMARTS) is 1. The molecule has 2 aliphatic rings. The van der Waals surface area contributed by atoms with Crippen LogP contribution in [-0.2, 0) is 11.2 Å². The van der Waals surface area contributed by atoms with Gasteiger partial charge in [-0.1, -0.05) is 13.8 Å². The minimum atomic E-state index is -0.720. The first-order chi connectivity index (χ1) is 9.46. The Labute approximate surface area is 123 Å². The van der Waals surface area contributed by atoms with Crippen LogP contribution in [0, 0.1) is 5.41 Å². The molecule has 1 saturated heterocycles. The van der Waals surface area contributed by atoms with Crippen molar-refractivity contribution in [3.05, 3.63) is 10.6 Å². The Hall–Kier alpha value is -1.10. The molecule has 20 heavy (non-hydrogen) atoms. The summed E-state index contributed by atoms with van der Waals surface area (Å²) in [6.07, 6.45) is 5.06. The molecular weight excluding hydrogens is 272 g/mol. The van der Waals surface area contributed by atoms with Gasteiger partial charge in [-0.2, -0.15) is 0 Å². The number of hydrogen-bond acceptors (Lipinski definition) is 4. The zero-order valence-electron chi connectivity index (χ0n) is 12.2. The lowest BCUT2D eigenvalue weighted by Gasteiger charge is -2.36. The number of nitrogens with zero attached hydrogens (tertiary/aromatic N) is 2. The molecule has 0 amide bonds. The molecule has 110 valence electrons. The van der Waals surface area contributed by atoms with Gasteiger partial charge >= 0.3 is 5.97 Å². The average Bonchev–Trinajstić information content (AvgIpc) is 2.81. The summed E-state index contributed by atoms with van der Waals surface area (Å²) in [5, 5.41) is 10.4. The van der Waals surface area contributed by atoms with Gasteiger partial charge in [0, 0.05) is 18.0 Å². The van der Waals surface area contributed by atoms with Crippen LogP contribution in [0.1, 0.15) is 56.0 Å². The molecular formula is C15H22N2O2S. The first-order valence-electron chi connectivity index (χ1n) is 7.44. The van der Waals surface area contributed by atoms with Crippen LogP contribution in [0.2, 0.25) is 0 Å². The Morgan fingerprint density at radius 3 is 2.75 bits per heavy atom. The van der Waals surface area contributed by atoms with Crippen molar-refractivity contribution in [3.63, 3.8) is 0 Å².